The molecule has 2 aliphatic rings. The zero-order valence-electron chi connectivity index (χ0n) is 12.3. The van der Waals surface area contributed by atoms with Crippen LogP contribution in [-0.4, -0.2) is 23.3 Å². The Bertz CT molecular complexity index is 350. The summed E-state index contributed by atoms with van der Waals surface area (Å²) in [6, 6.07) is 0. The van der Waals surface area contributed by atoms with Gasteiger partial charge in [-0.25, -0.2) is 0 Å². The maximum atomic E-state index is 11.5. The molecule has 104 valence electrons. The molecular weight excluding hydrogens is 228 g/mol. The van der Waals surface area contributed by atoms with Crippen LogP contribution in [0.15, 0.2) is 0 Å². The van der Waals surface area contributed by atoms with E-state index in [2.05, 4.69) is 27.7 Å². The van der Waals surface area contributed by atoms with Crippen molar-refractivity contribution in [2.24, 2.45) is 5.41 Å². The molecule has 2 rings (SSSR count). The Hall–Kier alpha value is -0.570. The van der Waals surface area contributed by atoms with Crippen molar-refractivity contribution in [1.29, 1.82) is 0 Å². The molecule has 0 amide bonds. The Morgan fingerprint density at radius 1 is 1.22 bits per heavy atom. The van der Waals surface area contributed by atoms with Crippen LogP contribution in [0.1, 0.15) is 66.7 Å². The smallest absolute Gasteiger partial charge is 0.303 e. The van der Waals surface area contributed by atoms with Crippen LogP contribution in [0.3, 0.4) is 0 Å². The topological polar surface area (TPSA) is 35.5 Å². The van der Waals surface area contributed by atoms with Crippen molar-refractivity contribution in [3.05, 3.63) is 0 Å². The van der Waals surface area contributed by atoms with Crippen molar-refractivity contribution in [1.82, 2.24) is 0 Å². The van der Waals surface area contributed by atoms with E-state index in [1.54, 1.807) is 0 Å². The van der Waals surface area contributed by atoms with Gasteiger partial charge in [-0.05, 0) is 51.4 Å². The van der Waals surface area contributed by atoms with Gasteiger partial charge in [0.1, 0.15) is 11.2 Å². The highest BCUT2D eigenvalue weighted by Gasteiger charge is 2.64. The van der Waals surface area contributed by atoms with Crippen LogP contribution < -0.4 is 0 Å². The maximum Gasteiger partial charge on any atom is 0.303 e. The SMILES string of the molecule is CC(=O)O[C@]1(C)CCCC(C)(C)[C@]12CC[C@@H](C)O2. The van der Waals surface area contributed by atoms with E-state index in [0.29, 0.717) is 0 Å². The Kier molecular flexibility index (Phi) is 3.25. The molecule has 3 heteroatoms. The lowest BCUT2D eigenvalue weighted by atomic mass is 9.57. The van der Waals surface area contributed by atoms with Gasteiger partial charge in [0, 0.05) is 6.92 Å². The Morgan fingerprint density at radius 3 is 2.39 bits per heavy atom. The van der Waals surface area contributed by atoms with Gasteiger partial charge in [-0.15, -0.1) is 0 Å². The molecule has 3 nitrogen and oxygen atoms in total. The first-order valence-electron chi connectivity index (χ1n) is 7.10. The summed E-state index contributed by atoms with van der Waals surface area (Å²) in [5, 5.41) is 0. The molecule has 1 heterocycles. The van der Waals surface area contributed by atoms with E-state index >= 15 is 0 Å². The summed E-state index contributed by atoms with van der Waals surface area (Å²) < 4.78 is 12.1. The first-order valence-corrected chi connectivity index (χ1v) is 7.10. The Balaban J connectivity index is 2.40. The van der Waals surface area contributed by atoms with Gasteiger partial charge in [-0.2, -0.15) is 0 Å². The monoisotopic (exact) mass is 254 g/mol. The van der Waals surface area contributed by atoms with Crippen molar-refractivity contribution in [2.45, 2.75) is 84.0 Å². The van der Waals surface area contributed by atoms with E-state index in [9.17, 15) is 4.79 Å². The van der Waals surface area contributed by atoms with Gasteiger partial charge in [0.25, 0.3) is 0 Å². The fraction of sp³-hybridized carbons (Fsp3) is 0.933. The summed E-state index contributed by atoms with van der Waals surface area (Å²) in [5.74, 6) is -0.197. The van der Waals surface area contributed by atoms with Gasteiger partial charge in [0.2, 0.25) is 0 Å². The second-order valence-electron chi connectivity index (χ2n) is 6.86. The van der Waals surface area contributed by atoms with Crippen molar-refractivity contribution in [2.75, 3.05) is 0 Å². The minimum absolute atomic E-state index is 0.0558. The summed E-state index contributed by atoms with van der Waals surface area (Å²) in [6.07, 6.45) is 5.44. The molecule has 2 fully saturated rings. The molecule has 0 bridgehead atoms. The number of rotatable bonds is 1. The molecule has 0 aromatic carbocycles. The number of esters is 1. The van der Waals surface area contributed by atoms with Gasteiger partial charge in [-0.3, -0.25) is 4.79 Å². The zero-order chi connectivity index (χ0) is 13.6. The van der Waals surface area contributed by atoms with E-state index in [1.165, 1.54) is 6.92 Å². The van der Waals surface area contributed by atoms with Crippen LogP contribution in [0.2, 0.25) is 0 Å². The fourth-order valence-corrected chi connectivity index (χ4v) is 4.19. The van der Waals surface area contributed by atoms with Gasteiger partial charge in [-0.1, -0.05) is 13.8 Å². The summed E-state index contributed by atoms with van der Waals surface area (Å²) in [5.41, 5.74) is -0.741. The third-order valence-electron chi connectivity index (χ3n) is 5.08. The highest BCUT2D eigenvalue weighted by Crippen LogP contribution is 2.58. The quantitative estimate of drug-likeness (QED) is 0.672. The lowest BCUT2D eigenvalue weighted by molar-refractivity contribution is -0.251. The van der Waals surface area contributed by atoms with Crippen LogP contribution in [0.5, 0.6) is 0 Å². The van der Waals surface area contributed by atoms with Crippen LogP contribution in [0, 0.1) is 5.41 Å². The maximum absolute atomic E-state index is 11.5. The highest BCUT2D eigenvalue weighted by atomic mass is 16.6. The van der Waals surface area contributed by atoms with E-state index in [4.69, 9.17) is 9.47 Å². The Morgan fingerprint density at radius 2 is 1.89 bits per heavy atom. The van der Waals surface area contributed by atoms with Crippen LogP contribution >= 0.6 is 0 Å². The molecular formula is C15H26O3. The van der Waals surface area contributed by atoms with Crippen molar-refractivity contribution >= 4 is 5.97 Å². The first-order chi connectivity index (χ1) is 8.22. The van der Waals surface area contributed by atoms with E-state index < -0.39 is 5.60 Å². The van der Waals surface area contributed by atoms with Crippen molar-refractivity contribution in [3.8, 4) is 0 Å². The van der Waals surface area contributed by atoms with Gasteiger partial charge in [0.15, 0.2) is 0 Å². The molecule has 1 aliphatic carbocycles. The summed E-state index contributed by atoms with van der Waals surface area (Å²) >= 11 is 0. The minimum atomic E-state index is -0.481. The molecule has 0 radical (unpaired) electrons. The molecule has 18 heavy (non-hydrogen) atoms. The summed E-state index contributed by atoms with van der Waals surface area (Å²) in [6.45, 7) is 10.2. The van der Waals surface area contributed by atoms with Gasteiger partial charge < -0.3 is 9.47 Å². The van der Waals surface area contributed by atoms with E-state index in [1.807, 2.05) is 0 Å². The van der Waals surface area contributed by atoms with Crippen molar-refractivity contribution < 1.29 is 14.3 Å². The molecule has 1 saturated carbocycles. The lowest BCUT2D eigenvalue weighted by Gasteiger charge is -2.57. The van der Waals surface area contributed by atoms with Crippen LogP contribution in [0.4, 0.5) is 0 Å². The molecule has 0 aromatic heterocycles. The standard InChI is InChI=1S/C15H26O3/c1-11-7-10-15(17-11)13(3,4)8-6-9-14(15,5)18-12(2)16/h11H,6-10H2,1-5H3/t11-,14-,15-/m1/s1. The van der Waals surface area contributed by atoms with Crippen molar-refractivity contribution in [3.63, 3.8) is 0 Å². The number of carbonyl (C=O) groups is 1. The predicted molar refractivity (Wildman–Crippen MR) is 70.3 cm³/mol. The van der Waals surface area contributed by atoms with Crippen LogP contribution in [0.25, 0.3) is 0 Å². The molecule has 1 aliphatic heterocycles. The normalized spacial score (nSPS) is 43.1. The fourth-order valence-electron chi connectivity index (χ4n) is 4.19. The largest absolute Gasteiger partial charge is 0.456 e. The molecule has 0 N–H and O–H groups in total. The van der Waals surface area contributed by atoms with Crippen LogP contribution in [-0.2, 0) is 14.3 Å². The second-order valence-corrected chi connectivity index (χ2v) is 6.86. The van der Waals surface area contributed by atoms with Gasteiger partial charge in [0.05, 0.1) is 6.10 Å². The third kappa shape index (κ3) is 1.87. The molecule has 0 aromatic rings. The first kappa shape index (κ1) is 13.9. The van der Waals surface area contributed by atoms with Gasteiger partial charge >= 0.3 is 5.97 Å². The molecule has 1 spiro atoms. The number of ether oxygens (including phenoxy) is 2. The second kappa shape index (κ2) is 4.22. The Labute approximate surface area is 110 Å². The number of hydrogen-bond donors (Lipinski definition) is 0. The molecule has 1 saturated heterocycles. The van der Waals surface area contributed by atoms with E-state index in [-0.39, 0.29) is 23.1 Å². The van der Waals surface area contributed by atoms with E-state index in [0.717, 1.165) is 32.1 Å². The molecule has 0 unspecified atom stereocenters. The minimum Gasteiger partial charge on any atom is -0.456 e. The predicted octanol–water partition coefficient (Wildman–Crippen LogP) is 3.46. The average molecular weight is 254 g/mol. The average Bonchev–Trinajstić information content (AvgIpc) is 2.59. The summed E-state index contributed by atoms with van der Waals surface area (Å²) in [4.78, 5) is 11.5. The zero-order valence-corrected chi connectivity index (χ0v) is 12.3. The summed E-state index contributed by atoms with van der Waals surface area (Å²) in [7, 11) is 0. The number of carbonyl (C=O) groups excluding carboxylic acids is 1. The third-order valence-corrected chi connectivity index (χ3v) is 5.08. The highest BCUT2D eigenvalue weighted by molar-refractivity contribution is 5.66. The molecule has 3 atom stereocenters. The lowest BCUT2D eigenvalue weighted by Crippen LogP contribution is -2.64. The number of hydrogen-bond acceptors (Lipinski definition) is 3.